The summed E-state index contributed by atoms with van der Waals surface area (Å²) in [6.07, 6.45) is 0.849. The second kappa shape index (κ2) is 9.40. The number of hydrogen-bond donors (Lipinski definition) is 2. The van der Waals surface area contributed by atoms with Gasteiger partial charge in [0, 0.05) is 5.69 Å². The Morgan fingerprint density at radius 2 is 1.88 bits per heavy atom. The van der Waals surface area contributed by atoms with E-state index in [-0.39, 0.29) is 11.6 Å². The van der Waals surface area contributed by atoms with E-state index in [9.17, 15) is 4.79 Å². The lowest BCUT2D eigenvalue weighted by Crippen LogP contribution is -2.32. The van der Waals surface area contributed by atoms with Crippen molar-refractivity contribution in [3.63, 3.8) is 0 Å². The van der Waals surface area contributed by atoms with Crippen molar-refractivity contribution in [1.82, 2.24) is 5.32 Å². The maximum absolute atomic E-state index is 11.7. The van der Waals surface area contributed by atoms with Crippen molar-refractivity contribution < 1.29 is 14.3 Å². The van der Waals surface area contributed by atoms with Crippen LogP contribution < -0.4 is 15.4 Å². The number of carbonyl (C=O) groups is 1. The molecule has 2 aromatic carbocycles. The molecule has 0 bridgehead atoms. The molecule has 2 N–H and O–H groups in total. The van der Waals surface area contributed by atoms with Gasteiger partial charge in [-0.3, -0.25) is 0 Å². The number of rotatable bonds is 6. The summed E-state index contributed by atoms with van der Waals surface area (Å²) in [5.41, 5.74) is 2.03. The van der Waals surface area contributed by atoms with Crippen molar-refractivity contribution >= 4 is 40.6 Å². The van der Waals surface area contributed by atoms with Gasteiger partial charge in [0.05, 0.1) is 30.8 Å². The fourth-order valence-corrected chi connectivity index (χ4v) is 2.91. The van der Waals surface area contributed by atoms with Crippen LogP contribution in [0.1, 0.15) is 35.3 Å². The third-order valence-electron chi connectivity index (χ3n) is 3.86. The Kier molecular flexibility index (Phi) is 7.24. The summed E-state index contributed by atoms with van der Waals surface area (Å²) in [6, 6.07) is 12.9. The predicted molar refractivity (Wildman–Crippen MR) is 108 cm³/mol. The lowest BCUT2D eigenvalue weighted by Gasteiger charge is -2.20. The van der Waals surface area contributed by atoms with Crippen LogP contribution in [0.4, 0.5) is 5.69 Å². The van der Waals surface area contributed by atoms with Gasteiger partial charge in [-0.15, -0.1) is 0 Å². The number of thiocarbonyl (C=S) groups is 1. The SMILES string of the molecule is CC[C@H](NC(=S)Nc1ccc(Cl)c(C(=O)OC)c1)c1ccc(OC)cc1. The monoisotopic (exact) mass is 392 g/mol. The standard InChI is InChI=1S/C19H21ClN2O3S/c1-4-17(12-5-8-14(24-2)9-6-12)22-19(26)21-13-7-10-16(20)15(11-13)18(23)25-3/h5-11,17H,4H2,1-3H3,(H2,21,22,26)/t17-/m0/s1. The fraction of sp³-hybridized carbons (Fsp3) is 0.263. The van der Waals surface area contributed by atoms with Gasteiger partial charge in [0.2, 0.25) is 0 Å². The molecule has 26 heavy (non-hydrogen) atoms. The van der Waals surface area contributed by atoms with Crippen LogP contribution in [0.2, 0.25) is 5.02 Å². The fourth-order valence-electron chi connectivity index (χ4n) is 2.45. The summed E-state index contributed by atoms with van der Waals surface area (Å²) in [4.78, 5) is 11.7. The molecular weight excluding hydrogens is 372 g/mol. The van der Waals surface area contributed by atoms with Crippen LogP contribution >= 0.6 is 23.8 Å². The summed E-state index contributed by atoms with van der Waals surface area (Å²) < 4.78 is 9.91. The van der Waals surface area contributed by atoms with Gasteiger partial charge >= 0.3 is 5.97 Å². The number of benzene rings is 2. The van der Waals surface area contributed by atoms with Gasteiger partial charge in [0.1, 0.15) is 5.75 Å². The summed E-state index contributed by atoms with van der Waals surface area (Å²) in [5.74, 6) is 0.308. The molecule has 0 aromatic heterocycles. The Morgan fingerprint density at radius 1 is 1.19 bits per heavy atom. The molecule has 2 rings (SSSR count). The number of carbonyl (C=O) groups excluding carboxylic acids is 1. The Morgan fingerprint density at radius 3 is 2.46 bits per heavy atom. The molecule has 0 fully saturated rings. The molecule has 1 atom stereocenters. The summed E-state index contributed by atoms with van der Waals surface area (Å²) in [7, 11) is 2.95. The molecule has 138 valence electrons. The average molecular weight is 393 g/mol. The zero-order valence-electron chi connectivity index (χ0n) is 14.8. The van der Waals surface area contributed by atoms with Crippen molar-refractivity contribution in [3.05, 3.63) is 58.6 Å². The molecule has 0 saturated carbocycles. The van der Waals surface area contributed by atoms with E-state index in [1.165, 1.54) is 7.11 Å². The zero-order chi connectivity index (χ0) is 19.1. The lowest BCUT2D eigenvalue weighted by atomic mass is 10.0. The first-order valence-corrected chi connectivity index (χ1v) is 8.86. The molecule has 0 aliphatic heterocycles. The van der Waals surface area contributed by atoms with E-state index in [1.54, 1.807) is 25.3 Å². The molecule has 0 aliphatic rings. The Hall–Kier alpha value is -2.31. The van der Waals surface area contributed by atoms with Crippen LogP contribution in [-0.2, 0) is 4.74 Å². The van der Waals surface area contributed by atoms with E-state index in [0.29, 0.717) is 15.8 Å². The quantitative estimate of drug-likeness (QED) is 0.554. The second-order valence-electron chi connectivity index (χ2n) is 5.52. The van der Waals surface area contributed by atoms with Crippen LogP contribution in [0.15, 0.2) is 42.5 Å². The molecule has 0 aliphatic carbocycles. The number of methoxy groups -OCH3 is 2. The minimum atomic E-state index is -0.498. The number of anilines is 1. The summed E-state index contributed by atoms with van der Waals surface area (Å²) >= 11 is 11.4. The first kappa shape index (κ1) is 20.0. The van der Waals surface area contributed by atoms with Gasteiger partial charge in [0.25, 0.3) is 0 Å². The molecule has 0 radical (unpaired) electrons. The highest BCUT2D eigenvalue weighted by Crippen LogP contribution is 2.23. The summed E-state index contributed by atoms with van der Waals surface area (Å²) in [6.45, 7) is 2.07. The summed E-state index contributed by atoms with van der Waals surface area (Å²) in [5, 5.41) is 7.13. The minimum absolute atomic E-state index is 0.0493. The molecule has 0 unspecified atom stereocenters. The highest BCUT2D eigenvalue weighted by molar-refractivity contribution is 7.80. The van der Waals surface area contributed by atoms with Crippen molar-refractivity contribution in [2.24, 2.45) is 0 Å². The van der Waals surface area contributed by atoms with Crippen molar-refractivity contribution in [1.29, 1.82) is 0 Å². The van der Waals surface area contributed by atoms with Crippen LogP contribution in [0.5, 0.6) is 5.75 Å². The molecule has 2 aromatic rings. The van der Waals surface area contributed by atoms with Gasteiger partial charge in [-0.25, -0.2) is 4.79 Å². The van der Waals surface area contributed by atoms with Crippen LogP contribution in [0.25, 0.3) is 0 Å². The van der Waals surface area contributed by atoms with Crippen molar-refractivity contribution in [2.45, 2.75) is 19.4 Å². The Balaban J connectivity index is 2.07. The minimum Gasteiger partial charge on any atom is -0.497 e. The van der Waals surface area contributed by atoms with E-state index < -0.39 is 5.97 Å². The number of esters is 1. The van der Waals surface area contributed by atoms with Crippen molar-refractivity contribution in [3.8, 4) is 5.75 Å². The normalized spacial score (nSPS) is 11.4. The van der Waals surface area contributed by atoms with E-state index in [2.05, 4.69) is 17.6 Å². The highest BCUT2D eigenvalue weighted by atomic mass is 35.5. The number of hydrogen-bond acceptors (Lipinski definition) is 4. The molecule has 0 amide bonds. The van der Waals surface area contributed by atoms with Gasteiger partial charge in [0.15, 0.2) is 5.11 Å². The maximum Gasteiger partial charge on any atom is 0.339 e. The van der Waals surface area contributed by atoms with Crippen LogP contribution in [0, 0.1) is 0 Å². The number of halogens is 1. The van der Waals surface area contributed by atoms with Gasteiger partial charge < -0.3 is 20.1 Å². The smallest absolute Gasteiger partial charge is 0.339 e. The Labute approximate surface area is 163 Å². The zero-order valence-corrected chi connectivity index (χ0v) is 16.4. The molecule has 0 heterocycles. The first-order chi connectivity index (χ1) is 12.5. The maximum atomic E-state index is 11.7. The van der Waals surface area contributed by atoms with Crippen LogP contribution in [0.3, 0.4) is 0 Å². The third-order valence-corrected chi connectivity index (χ3v) is 4.41. The molecule has 0 spiro atoms. The van der Waals surface area contributed by atoms with Crippen LogP contribution in [-0.4, -0.2) is 25.3 Å². The van der Waals surface area contributed by atoms with E-state index in [0.717, 1.165) is 17.7 Å². The average Bonchev–Trinajstić information content (AvgIpc) is 2.67. The van der Waals surface area contributed by atoms with Gasteiger partial charge in [-0.05, 0) is 54.5 Å². The van der Waals surface area contributed by atoms with Gasteiger partial charge in [-0.2, -0.15) is 0 Å². The first-order valence-electron chi connectivity index (χ1n) is 8.07. The van der Waals surface area contributed by atoms with Crippen molar-refractivity contribution in [2.75, 3.05) is 19.5 Å². The predicted octanol–water partition coefficient (Wildman–Crippen LogP) is 4.57. The number of nitrogens with one attached hydrogen (secondary N) is 2. The lowest BCUT2D eigenvalue weighted by molar-refractivity contribution is 0.0601. The highest BCUT2D eigenvalue weighted by Gasteiger charge is 2.14. The van der Waals surface area contributed by atoms with E-state index >= 15 is 0 Å². The van der Waals surface area contributed by atoms with E-state index in [1.807, 2.05) is 24.3 Å². The molecule has 7 heteroatoms. The second-order valence-corrected chi connectivity index (χ2v) is 6.33. The third kappa shape index (κ3) is 5.09. The molecular formula is C19H21ClN2O3S. The topological polar surface area (TPSA) is 59.6 Å². The van der Waals surface area contributed by atoms with E-state index in [4.69, 9.17) is 33.3 Å². The Bertz CT molecular complexity index is 781. The largest absolute Gasteiger partial charge is 0.497 e. The molecule has 5 nitrogen and oxygen atoms in total. The molecule has 0 saturated heterocycles. The number of ether oxygens (including phenoxy) is 2. The van der Waals surface area contributed by atoms with Gasteiger partial charge in [-0.1, -0.05) is 30.7 Å².